The molecule has 0 fully saturated rings. The molecule has 0 saturated carbocycles. The molecule has 154 valence electrons. The minimum absolute atomic E-state index is 0.207. The minimum atomic E-state index is 0.207. The first kappa shape index (κ1) is 21.1. The summed E-state index contributed by atoms with van der Waals surface area (Å²) in [6.07, 6.45) is 1.85. The van der Waals surface area contributed by atoms with Crippen LogP contribution >= 0.6 is 0 Å². The number of nitrogens with zero attached hydrogens (tertiary/aromatic N) is 1. The highest BCUT2D eigenvalue weighted by Gasteiger charge is 2.28. The SMILES string of the molecule is Cc1cc(C)c(B(c2ccc(-c3ccccn3)cc2)c2c(C)cc(C)cc2C)c(C)c1. The molecule has 1 aromatic heterocycles. The van der Waals surface area contributed by atoms with Crippen molar-refractivity contribution in [2.24, 2.45) is 0 Å². The highest BCUT2D eigenvalue weighted by Crippen LogP contribution is 2.17. The lowest BCUT2D eigenvalue weighted by Gasteiger charge is -2.24. The van der Waals surface area contributed by atoms with Crippen LogP contribution in [0.25, 0.3) is 11.3 Å². The summed E-state index contributed by atoms with van der Waals surface area (Å²) in [5.41, 5.74) is 14.4. The van der Waals surface area contributed by atoms with Crippen LogP contribution in [0.15, 0.2) is 72.9 Å². The largest absolute Gasteiger partial charge is 0.256 e. The zero-order valence-corrected chi connectivity index (χ0v) is 19.5. The maximum atomic E-state index is 4.52. The Balaban J connectivity index is 1.92. The van der Waals surface area contributed by atoms with E-state index >= 15 is 0 Å². The van der Waals surface area contributed by atoms with Gasteiger partial charge in [0, 0.05) is 11.8 Å². The van der Waals surface area contributed by atoms with Crippen LogP contribution in [-0.4, -0.2) is 11.7 Å². The Kier molecular flexibility index (Phi) is 5.82. The fourth-order valence-electron chi connectivity index (χ4n) is 5.15. The Morgan fingerprint density at radius 3 is 1.48 bits per heavy atom. The lowest BCUT2D eigenvalue weighted by Crippen LogP contribution is -2.55. The van der Waals surface area contributed by atoms with Gasteiger partial charge >= 0.3 is 0 Å². The van der Waals surface area contributed by atoms with Gasteiger partial charge in [0.05, 0.1) is 5.69 Å². The monoisotopic (exact) mass is 403 g/mol. The third-order valence-electron chi connectivity index (χ3n) is 6.26. The predicted molar refractivity (Wildman–Crippen MR) is 136 cm³/mol. The van der Waals surface area contributed by atoms with Gasteiger partial charge in [0.25, 0.3) is 0 Å². The van der Waals surface area contributed by atoms with Gasteiger partial charge in [0.2, 0.25) is 6.71 Å². The van der Waals surface area contributed by atoms with Crippen molar-refractivity contribution >= 4 is 23.1 Å². The number of rotatable bonds is 4. The Hall–Kier alpha value is -3.13. The van der Waals surface area contributed by atoms with E-state index in [0.717, 1.165) is 11.3 Å². The topological polar surface area (TPSA) is 12.9 Å². The van der Waals surface area contributed by atoms with Crippen molar-refractivity contribution in [2.75, 3.05) is 0 Å². The third kappa shape index (κ3) is 4.21. The van der Waals surface area contributed by atoms with Crippen molar-refractivity contribution in [2.45, 2.75) is 41.5 Å². The Morgan fingerprint density at radius 1 is 0.581 bits per heavy atom. The molecular weight excluding hydrogens is 373 g/mol. The molecule has 31 heavy (non-hydrogen) atoms. The molecule has 4 aromatic rings. The van der Waals surface area contributed by atoms with Gasteiger partial charge in [-0.3, -0.25) is 4.98 Å². The first-order valence-electron chi connectivity index (χ1n) is 11.0. The van der Waals surface area contributed by atoms with E-state index in [0.29, 0.717) is 0 Å². The van der Waals surface area contributed by atoms with Crippen LogP contribution in [0.5, 0.6) is 0 Å². The summed E-state index contributed by atoms with van der Waals surface area (Å²) in [4.78, 5) is 4.52. The number of benzene rings is 3. The van der Waals surface area contributed by atoms with Crippen LogP contribution in [0.3, 0.4) is 0 Å². The Morgan fingerprint density at radius 2 is 1.06 bits per heavy atom. The smallest absolute Gasteiger partial charge is 0.242 e. The average molecular weight is 403 g/mol. The van der Waals surface area contributed by atoms with E-state index in [1.165, 1.54) is 49.8 Å². The third-order valence-corrected chi connectivity index (χ3v) is 6.26. The highest BCUT2D eigenvalue weighted by atomic mass is 14.7. The summed E-state index contributed by atoms with van der Waals surface area (Å²) in [5.74, 6) is 0. The summed E-state index contributed by atoms with van der Waals surface area (Å²) < 4.78 is 0. The lowest BCUT2D eigenvalue weighted by atomic mass is 9.34. The van der Waals surface area contributed by atoms with E-state index in [9.17, 15) is 0 Å². The molecule has 4 rings (SSSR count). The molecule has 0 aliphatic carbocycles. The molecule has 0 N–H and O–H groups in total. The normalized spacial score (nSPS) is 10.9. The fourth-order valence-corrected chi connectivity index (χ4v) is 5.15. The summed E-state index contributed by atoms with van der Waals surface area (Å²) in [6, 6.07) is 24.3. The van der Waals surface area contributed by atoms with Crippen LogP contribution in [0, 0.1) is 41.5 Å². The Labute approximate surface area is 187 Å². The molecule has 2 heteroatoms. The number of aromatic nitrogens is 1. The molecule has 0 aliphatic rings. The van der Waals surface area contributed by atoms with Crippen molar-refractivity contribution in [1.29, 1.82) is 0 Å². The average Bonchev–Trinajstić information content (AvgIpc) is 2.72. The van der Waals surface area contributed by atoms with Crippen molar-refractivity contribution < 1.29 is 0 Å². The first-order chi connectivity index (χ1) is 14.8. The Bertz CT molecular complexity index is 1120. The fraction of sp³-hybridized carbons (Fsp3) is 0.207. The highest BCUT2D eigenvalue weighted by molar-refractivity contribution is 6.96. The second-order valence-corrected chi connectivity index (χ2v) is 8.89. The van der Waals surface area contributed by atoms with Gasteiger partial charge in [0.15, 0.2) is 0 Å². The van der Waals surface area contributed by atoms with Crippen molar-refractivity contribution in [3.63, 3.8) is 0 Å². The molecule has 0 atom stereocenters. The minimum Gasteiger partial charge on any atom is -0.256 e. The van der Waals surface area contributed by atoms with E-state index in [1.54, 1.807) is 0 Å². The first-order valence-corrected chi connectivity index (χ1v) is 11.0. The maximum absolute atomic E-state index is 4.52. The number of hydrogen-bond acceptors (Lipinski definition) is 1. The summed E-state index contributed by atoms with van der Waals surface area (Å²) in [5, 5.41) is 0. The maximum Gasteiger partial charge on any atom is 0.242 e. The zero-order chi connectivity index (χ0) is 22.1. The van der Waals surface area contributed by atoms with Gasteiger partial charge in [-0.15, -0.1) is 0 Å². The van der Waals surface area contributed by atoms with E-state index in [4.69, 9.17) is 0 Å². The van der Waals surface area contributed by atoms with E-state index in [2.05, 4.69) is 101 Å². The zero-order valence-electron chi connectivity index (χ0n) is 19.5. The van der Waals surface area contributed by atoms with E-state index < -0.39 is 0 Å². The quantitative estimate of drug-likeness (QED) is 0.431. The molecule has 0 saturated heterocycles. The van der Waals surface area contributed by atoms with Gasteiger partial charge in [0.1, 0.15) is 0 Å². The predicted octanol–water partition coefficient (Wildman–Crippen LogP) is 5.12. The summed E-state index contributed by atoms with van der Waals surface area (Å²) in [6.45, 7) is 13.6. The van der Waals surface area contributed by atoms with Crippen LogP contribution in [0.1, 0.15) is 33.4 Å². The molecule has 0 amide bonds. The van der Waals surface area contributed by atoms with Gasteiger partial charge in [-0.25, -0.2) is 0 Å². The van der Waals surface area contributed by atoms with Gasteiger partial charge < -0.3 is 0 Å². The van der Waals surface area contributed by atoms with Gasteiger partial charge in [-0.05, 0) is 53.7 Å². The van der Waals surface area contributed by atoms with Crippen LogP contribution < -0.4 is 16.4 Å². The van der Waals surface area contributed by atoms with Gasteiger partial charge in [-0.2, -0.15) is 0 Å². The molecule has 0 spiro atoms. The van der Waals surface area contributed by atoms with E-state index in [-0.39, 0.29) is 6.71 Å². The lowest BCUT2D eigenvalue weighted by molar-refractivity contribution is 1.33. The second kappa shape index (κ2) is 8.55. The molecule has 0 bridgehead atoms. The number of hydrogen-bond donors (Lipinski definition) is 0. The molecule has 1 heterocycles. The molecule has 0 radical (unpaired) electrons. The number of pyridine rings is 1. The number of aryl methyl sites for hydroxylation is 6. The van der Waals surface area contributed by atoms with Gasteiger partial charge in [-0.1, -0.05) is 104 Å². The summed E-state index contributed by atoms with van der Waals surface area (Å²) >= 11 is 0. The molecule has 3 aromatic carbocycles. The van der Waals surface area contributed by atoms with Crippen LogP contribution in [0.2, 0.25) is 0 Å². The molecule has 0 aliphatic heterocycles. The van der Waals surface area contributed by atoms with E-state index in [1.807, 2.05) is 18.3 Å². The second-order valence-electron chi connectivity index (χ2n) is 8.89. The van der Waals surface area contributed by atoms with Crippen molar-refractivity contribution in [1.82, 2.24) is 4.98 Å². The van der Waals surface area contributed by atoms with Crippen LogP contribution in [-0.2, 0) is 0 Å². The standard InChI is InChI=1S/C29H30BN/c1-19-15-21(3)28(22(4)16-19)30(29-23(5)17-20(2)18-24(29)6)26-12-10-25(11-13-26)27-9-7-8-14-31-27/h7-18H,1-6H3. The molecule has 1 nitrogen and oxygen atoms in total. The van der Waals surface area contributed by atoms with Crippen molar-refractivity contribution in [3.05, 3.63) is 106 Å². The van der Waals surface area contributed by atoms with Crippen LogP contribution in [0.4, 0.5) is 0 Å². The molecular formula is C29H30BN. The summed E-state index contributed by atoms with van der Waals surface area (Å²) in [7, 11) is 0. The molecule has 0 unspecified atom stereocenters. The van der Waals surface area contributed by atoms with Crippen molar-refractivity contribution in [3.8, 4) is 11.3 Å².